The highest BCUT2D eigenvalue weighted by Gasteiger charge is 2.22. The standard InChI is InChI=1S/C9H16N2O2/c1-2-3-9(13)10-11-5-4-8(6-11)7-12/h7-8H,2-6H2,1H3,(H,10,13). The number of amides is 1. The average molecular weight is 184 g/mol. The Bertz CT molecular complexity index is 194. The summed E-state index contributed by atoms with van der Waals surface area (Å²) in [6.07, 6.45) is 3.24. The van der Waals surface area contributed by atoms with Crippen molar-refractivity contribution in [1.82, 2.24) is 10.4 Å². The molecule has 1 heterocycles. The topological polar surface area (TPSA) is 49.4 Å². The van der Waals surface area contributed by atoms with Gasteiger partial charge in [0.1, 0.15) is 6.29 Å². The molecule has 4 nitrogen and oxygen atoms in total. The minimum atomic E-state index is 0.0500. The van der Waals surface area contributed by atoms with Crippen LogP contribution in [0.5, 0.6) is 0 Å². The smallest absolute Gasteiger partial charge is 0.234 e. The van der Waals surface area contributed by atoms with Gasteiger partial charge in [-0.05, 0) is 12.8 Å². The fourth-order valence-electron chi connectivity index (χ4n) is 1.46. The number of nitrogens with one attached hydrogen (secondary N) is 1. The van der Waals surface area contributed by atoms with Gasteiger partial charge in [-0.3, -0.25) is 10.2 Å². The van der Waals surface area contributed by atoms with Crippen LogP contribution in [0.15, 0.2) is 0 Å². The summed E-state index contributed by atoms with van der Waals surface area (Å²) in [6.45, 7) is 3.43. The lowest BCUT2D eigenvalue weighted by atomic mass is 10.1. The molecule has 0 aromatic rings. The Morgan fingerprint density at radius 2 is 2.46 bits per heavy atom. The number of nitrogens with zero attached hydrogens (tertiary/aromatic N) is 1. The third-order valence-corrected chi connectivity index (χ3v) is 2.18. The number of carbonyl (C=O) groups is 2. The van der Waals surface area contributed by atoms with Gasteiger partial charge >= 0.3 is 0 Å². The lowest BCUT2D eigenvalue weighted by Gasteiger charge is -2.15. The molecule has 1 N–H and O–H groups in total. The number of hydrogen-bond donors (Lipinski definition) is 1. The average Bonchev–Trinajstić information content (AvgIpc) is 2.52. The van der Waals surface area contributed by atoms with Crippen LogP contribution in [0.4, 0.5) is 0 Å². The molecule has 0 bridgehead atoms. The second-order valence-corrected chi connectivity index (χ2v) is 3.42. The van der Waals surface area contributed by atoms with Crippen molar-refractivity contribution in [3.63, 3.8) is 0 Å². The van der Waals surface area contributed by atoms with Crippen molar-refractivity contribution in [3.05, 3.63) is 0 Å². The highest BCUT2D eigenvalue weighted by atomic mass is 16.2. The molecule has 0 aliphatic carbocycles. The van der Waals surface area contributed by atoms with E-state index in [0.29, 0.717) is 13.0 Å². The number of aldehydes is 1. The van der Waals surface area contributed by atoms with Crippen molar-refractivity contribution >= 4 is 12.2 Å². The largest absolute Gasteiger partial charge is 0.303 e. The van der Waals surface area contributed by atoms with Gasteiger partial charge in [-0.1, -0.05) is 6.92 Å². The van der Waals surface area contributed by atoms with Crippen LogP contribution >= 0.6 is 0 Å². The summed E-state index contributed by atoms with van der Waals surface area (Å²) in [4.78, 5) is 21.6. The Balaban J connectivity index is 2.23. The van der Waals surface area contributed by atoms with Crippen molar-refractivity contribution in [2.24, 2.45) is 5.92 Å². The van der Waals surface area contributed by atoms with E-state index in [0.717, 1.165) is 25.7 Å². The summed E-state index contributed by atoms with van der Waals surface area (Å²) in [5.41, 5.74) is 2.78. The molecule has 0 spiro atoms. The summed E-state index contributed by atoms with van der Waals surface area (Å²) >= 11 is 0. The molecule has 1 atom stereocenters. The van der Waals surface area contributed by atoms with Crippen molar-refractivity contribution in [3.8, 4) is 0 Å². The molecule has 1 fully saturated rings. The third-order valence-electron chi connectivity index (χ3n) is 2.18. The van der Waals surface area contributed by atoms with Crippen molar-refractivity contribution in [2.75, 3.05) is 13.1 Å². The van der Waals surface area contributed by atoms with Gasteiger partial charge in [-0.2, -0.15) is 0 Å². The lowest BCUT2D eigenvalue weighted by Crippen LogP contribution is -2.40. The number of rotatable bonds is 4. The minimum Gasteiger partial charge on any atom is -0.303 e. The van der Waals surface area contributed by atoms with Gasteiger partial charge < -0.3 is 4.79 Å². The minimum absolute atomic E-state index is 0.0500. The predicted octanol–water partition coefficient (Wildman–Crippen LogP) is 0.338. The molecule has 0 saturated carbocycles. The summed E-state index contributed by atoms with van der Waals surface area (Å²) in [5.74, 6) is 0.149. The van der Waals surface area contributed by atoms with Crippen LogP contribution in [0, 0.1) is 5.92 Å². The summed E-state index contributed by atoms with van der Waals surface area (Å²) < 4.78 is 0. The molecular weight excluding hydrogens is 168 g/mol. The van der Waals surface area contributed by atoms with Crippen molar-refractivity contribution < 1.29 is 9.59 Å². The molecule has 13 heavy (non-hydrogen) atoms. The Hall–Kier alpha value is -0.900. The molecule has 0 aromatic carbocycles. The van der Waals surface area contributed by atoms with Crippen LogP contribution < -0.4 is 5.43 Å². The van der Waals surface area contributed by atoms with E-state index < -0.39 is 0 Å². The summed E-state index contributed by atoms with van der Waals surface area (Å²) in [6, 6.07) is 0. The van der Waals surface area contributed by atoms with Crippen LogP contribution in [0.1, 0.15) is 26.2 Å². The normalized spacial score (nSPS) is 23.0. The highest BCUT2D eigenvalue weighted by molar-refractivity contribution is 5.75. The number of carbonyl (C=O) groups excluding carboxylic acids is 2. The first-order valence-electron chi connectivity index (χ1n) is 4.76. The van der Waals surface area contributed by atoms with E-state index in [1.807, 2.05) is 11.9 Å². The quantitative estimate of drug-likeness (QED) is 0.641. The Labute approximate surface area is 78.3 Å². The SMILES string of the molecule is CCCC(=O)NN1CCC(C=O)C1. The van der Waals surface area contributed by atoms with Gasteiger partial charge in [0.15, 0.2) is 0 Å². The molecular formula is C9H16N2O2. The van der Waals surface area contributed by atoms with Crippen molar-refractivity contribution in [1.29, 1.82) is 0 Å². The molecule has 1 aliphatic rings. The van der Waals surface area contributed by atoms with Crippen LogP contribution in [0.3, 0.4) is 0 Å². The molecule has 1 rings (SSSR count). The van der Waals surface area contributed by atoms with Crippen LogP contribution in [0.2, 0.25) is 0 Å². The molecule has 1 amide bonds. The zero-order valence-corrected chi connectivity index (χ0v) is 7.95. The second kappa shape index (κ2) is 4.97. The van der Waals surface area contributed by atoms with Gasteiger partial charge in [-0.25, -0.2) is 5.01 Å². The van der Waals surface area contributed by atoms with Gasteiger partial charge in [-0.15, -0.1) is 0 Å². The lowest BCUT2D eigenvalue weighted by molar-refractivity contribution is -0.125. The molecule has 1 aliphatic heterocycles. The summed E-state index contributed by atoms with van der Waals surface area (Å²) in [5, 5.41) is 1.83. The van der Waals surface area contributed by atoms with E-state index in [4.69, 9.17) is 0 Å². The molecule has 4 heteroatoms. The maximum atomic E-state index is 11.2. The maximum absolute atomic E-state index is 11.2. The first-order valence-corrected chi connectivity index (χ1v) is 4.76. The molecule has 0 radical (unpaired) electrons. The number of hydrogen-bond acceptors (Lipinski definition) is 3. The van der Waals surface area contributed by atoms with E-state index in [2.05, 4.69) is 5.43 Å². The third kappa shape index (κ3) is 3.14. The monoisotopic (exact) mass is 184 g/mol. The Kier molecular flexibility index (Phi) is 3.89. The zero-order chi connectivity index (χ0) is 9.68. The van der Waals surface area contributed by atoms with Crippen LogP contribution in [0.25, 0.3) is 0 Å². The van der Waals surface area contributed by atoms with E-state index >= 15 is 0 Å². The van der Waals surface area contributed by atoms with Crippen LogP contribution in [-0.2, 0) is 9.59 Å². The predicted molar refractivity (Wildman–Crippen MR) is 48.8 cm³/mol. The van der Waals surface area contributed by atoms with Crippen molar-refractivity contribution in [2.45, 2.75) is 26.2 Å². The maximum Gasteiger partial charge on any atom is 0.234 e. The fraction of sp³-hybridized carbons (Fsp3) is 0.778. The Morgan fingerprint density at radius 1 is 1.69 bits per heavy atom. The van der Waals surface area contributed by atoms with Gasteiger partial charge in [0.25, 0.3) is 0 Å². The Morgan fingerprint density at radius 3 is 3.00 bits per heavy atom. The van der Waals surface area contributed by atoms with Gasteiger partial charge in [0.05, 0.1) is 0 Å². The van der Waals surface area contributed by atoms with E-state index in [-0.39, 0.29) is 11.8 Å². The fourth-order valence-corrected chi connectivity index (χ4v) is 1.46. The molecule has 1 saturated heterocycles. The second-order valence-electron chi connectivity index (χ2n) is 3.42. The number of hydrazine groups is 1. The molecule has 1 unspecified atom stereocenters. The highest BCUT2D eigenvalue weighted by Crippen LogP contribution is 2.11. The molecule has 74 valence electrons. The summed E-state index contributed by atoms with van der Waals surface area (Å²) in [7, 11) is 0. The van der Waals surface area contributed by atoms with Crippen LogP contribution in [-0.4, -0.2) is 30.3 Å². The van der Waals surface area contributed by atoms with Gasteiger partial charge in [0, 0.05) is 25.4 Å². The van der Waals surface area contributed by atoms with E-state index in [9.17, 15) is 9.59 Å². The van der Waals surface area contributed by atoms with E-state index in [1.165, 1.54) is 0 Å². The first-order chi connectivity index (χ1) is 6.26. The first kappa shape index (κ1) is 10.2. The molecule has 0 aromatic heterocycles. The van der Waals surface area contributed by atoms with E-state index in [1.54, 1.807) is 0 Å². The zero-order valence-electron chi connectivity index (χ0n) is 7.95. The van der Waals surface area contributed by atoms with Gasteiger partial charge in [0.2, 0.25) is 5.91 Å².